The van der Waals surface area contributed by atoms with Crippen molar-refractivity contribution in [1.82, 2.24) is 0 Å². The number of carbonyl (C=O) groups is 1. The zero-order chi connectivity index (χ0) is 13.5. The molecule has 18 heavy (non-hydrogen) atoms. The molecule has 0 aliphatic rings. The number of rotatable bonds is 7. The molecule has 0 amide bonds. The van der Waals surface area contributed by atoms with Crippen LogP contribution in [0.3, 0.4) is 0 Å². The summed E-state index contributed by atoms with van der Waals surface area (Å²) < 4.78 is 15.5. The molecule has 5 nitrogen and oxygen atoms in total. The SMILES string of the molecule is CCOC(Cc1ccc(OC)cc1OC)C(=O)O. The molecule has 0 aliphatic carbocycles. The fourth-order valence-electron chi connectivity index (χ4n) is 1.64. The molecule has 100 valence electrons. The molecule has 0 saturated heterocycles. The maximum atomic E-state index is 11.0. The lowest BCUT2D eigenvalue weighted by molar-refractivity contribution is -0.149. The molecule has 0 aromatic heterocycles. The minimum Gasteiger partial charge on any atom is -0.497 e. The van der Waals surface area contributed by atoms with Crippen LogP contribution in [0.1, 0.15) is 12.5 Å². The van der Waals surface area contributed by atoms with Crippen LogP contribution < -0.4 is 9.47 Å². The van der Waals surface area contributed by atoms with Gasteiger partial charge in [-0.15, -0.1) is 0 Å². The summed E-state index contributed by atoms with van der Waals surface area (Å²) >= 11 is 0. The van der Waals surface area contributed by atoms with E-state index in [1.165, 1.54) is 7.11 Å². The average Bonchev–Trinajstić information content (AvgIpc) is 2.38. The number of benzene rings is 1. The van der Waals surface area contributed by atoms with Crippen LogP contribution in [-0.4, -0.2) is 38.0 Å². The molecule has 1 atom stereocenters. The van der Waals surface area contributed by atoms with Crippen LogP contribution in [0.25, 0.3) is 0 Å². The maximum Gasteiger partial charge on any atom is 0.333 e. The molecule has 1 aromatic carbocycles. The lowest BCUT2D eigenvalue weighted by atomic mass is 10.1. The van der Waals surface area contributed by atoms with Crippen LogP contribution in [0, 0.1) is 0 Å². The van der Waals surface area contributed by atoms with Crippen molar-refractivity contribution in [2.24, 2.45) is 0 Å². The summed E-state index contributed by atoms with van der Waals surface area (Å²) in [6, 6.07) is 5.27. The first-order valence-electron chi connectivity index (χ1n) is 5.67. The van der Waals surface area contributed by atoms with Crippen LogP contribution in [0.5, 0.6) is 11.5 Å². The van der Waals surface area contributed by atoms with Crippen LogP contribution in [-0.2, 0) is 16.0 Å². The Kier molecular flexibility index (Phi) is 5.45. The third-order valence-electron chi connectivity index (χ3n) is 2.54. The lowest BCUT2D eigenvalue weighted by Gasteiger charge is -2.15. The second kappa shape index (κ2) is 6.86. The largest absolute Gasteiger partial charge is 0.497 e. The van der Waals surface area contributed by atoms with Crippen LogP contribution in [0.2, 0.25) is 0 Å². The van der Waals surface area contributed by atoms with Crippen molar-refractivity contribution in [3.05, 3.63) is 23.8 Å². The topological polar surface area (TPSA) is 65.0 Å². The molecule has 0 bridgehead atoms. The molecular formula is C13H18O5. The van der Waals surface area contributed by atoms with Crippen molar-refractivity contribution in [2.45, 2.75) is 19.4 Å². The van der Waals surface area contributed by atoms with Gasteiger partial charge in [-0.1, -0.05) is 6.07 Å². The molecule has 0 spiro atoms. The van der Waals surface area contributed by atoms with Gasteiger partial charge < -0.3 is 19.3 Å². The van der Waals surface area contributed by atoms with E-state index in [1.807, 2.05) is 0 Å². The predicted molar refractivity (Wildman–Crippen MR) is 66.3 cm³/mol. The Hall–Kier alpha value is -1.75. The van der Waals surface area contributed by atoms with Gasteiger partial charge in [-0.05, 0) is 18.6 Å². The van der Waals surface area contributed by atoms with E-state index in [0.717, 1.165) is 5.56 Å². The zero-order valence-electron chi connectivity index (χ0n) is 10.8. The van der Waals surface area contributed by atoms with Gasteiger partial charge in [-0.25, -0.2) is 4.79 Å². The van der Waals surface area contributed by atoms with E-state index in [9.17, 15) is 4.79 Å². The van der Waals surface area contributed by atoms with Gasteiger partial charge in [-0.2, -0.15) is 0 Å². The molecule has 1 N–H and O–H groups in total. The first-order chi connectivity index (χ1) is 8.62. The van der Waals surface area contributed by atoms with E-state index < -0.39 is 12.1 Å². The minimum atomic E-state index is -0.977. The number of hydrogen-bond acceptors (Lipinski definition) is 4. The van der Waals surface area contributed by atoms with Gasteiger partial charge in [0.1, 0.15) is 11.5 Å². The molecule has 5 heteroatoms. The quantitative estimate of drug-likeness (QED) is 0.802. The molecule has 0 fully saturated rings. The van der Waals surface area contributed by atoms with Gasteiger partial charge in [0.2, 0.25) is 0 Å². The highest BCUT2D eigenvalue weighted by molar-refractivity contribution is 5.73. The summed E-state index contributed by atoms with van der Waals surface area (Å²) in [5.41, 5.74) is 0.777. The van der Waals surface area contributed by atoms with Crippen LogP contribution >= 0.6 is 0 Å². The Morgan fingerprint density at radius 2 is 2.06 bits per heavy atom. The van der Waals surface area contributed by atoms with E-state index in [4.69, 9.17) is 19.3 Å². The molecule has 1 aromatic rings. The molecule has 1 rings (SSSR count). The van der Waals surface area contributed by atoms with Gasteiger partial charge in [0, 0.05) is 19.1 Å². The van der Waals surface area contributed by atoms with Gasteiger partial charge >= 0.3 is 5.97 Å². The highest BCUT2D eigenvalue weighted by Gasteiger charge is 2.20. The van der Waals surface area contributed by atoms with E-state index in [2.05, 4.69) is 0 Å². The number of methoxy groups -OCH3 is 2. The third kappa shape index (κ3) is 3.63. The molecule has 0 saturated carbocycles. The van der Waals surface area contributed by atoms with Crippen LogP contribution in [0.15, 0.2) is 18.2 Å². The summed E-state index contributed by atoms with van der Waals surface area (Å²) in [5, 5.41) is 9.04. The fraction of sp³-hybridized carbons (Fsp3) is 0.462. The number of carboxylic acid groups (broad SMARTS) is 1. The number of aliphatic carboxylic acids is 1. The van der Waals surface area contributed by atoms with Gasteiger partial charge in [0.15, 0.2) is 6.10 Å². The van der Waals surface area contributed by atoms with E-state index >= 15 is 0 Å². The van der Waals surface area contributed by atoms with E-state index in [1.54, 1.807) is 32.2 Å². The van der Waals surface area contributed by atoms with Gasteiger partial charge in [-0.3, -0.25) is 0 Å². The standard InChI is InChI=1S/C13H18O5/c1-4-18-12(13(14)15)7-9-5-6-10(16-2)8-11(9)17-3/h5-6,8,12H,4,7H2,1-3H3,(H,14,15). The van der Waals surface area contributed by atoms with Crippen molar-refractivity contribution in [1.29, 1.82) is 0 Å². The second-order valence-corrected chi connectivity index (χ2v) is 3.66. The highest BCUT2D eigenvalue weighted by Crippen LogP contribution is 2.26. The Morgan fingerprint density at radius 1 is 1.33 bits per heavy atom. The normalized spacial score (nSPS) is 11.9. The molecule has 0 radical (unpaired) electrons. The van der Waals surface area contributed by atoms with E-state index in [-0.39, 0.29) is 6.42 Å². The first kappa shape index (κ1) is 14.3. The van der Waals surface area contributed by atoms with Gasteiger partial charge in [0.05, 0.1) is 14.2 Å². The van der Waals surface area contributed by atoms with E-state index in [0.29, 0.717) is 18.1 Å². The number of ether oxygens (including phenoxy) is 3. The molecule has 0 heterocycles. The summed E-state index contributed by atoms with van der Waals surface area (Å²) in [6.07, 6.45) is -0.603. The Morgan fingerprint density at radius 3 is 2.56 bits per heavy atom. The average molecular weight is 254 g/mol. The minimum absolute atomic E-state index is 0.260. The third-order valence-corrected chi connectivity index (χ3v) is 2.54. The predicted octanol–water partition coefficient (Wildman–Crippen LogP) is 1.74. The van der Waals surface area contributed by atoms with Crippen molar-refractivity contribution in [3.63, 3.8) is 0 Å². The molecular weight excluding hydrogens is 236 g/mol. The number of hydrogen-bond donors (Lipinski definition) is 1. The number of carboxylic acids is 1. The van der Waals surface area contributed by atoms with Crippen molar-refractivity contribution < 1.29 is 24.1 Å². The zero-order valence-corrected chi connectivity index (χ0v) is 10.8. The summed E-state index contributed by atoms with van der Waals surface area (Å²) in [6.45, 7) is 2.12. The Bertz CT molecular complexity index is 402. The first-order valence-corrected chi connectivity index (χ1v) is 5.67. The monoisotopic (exact) mass is 254 g/mol. The Labute approximate surface area is 106 Å². The van der Waals surface area contributed by atoms with Crippen LogP contribution in [0.4, 0.5) is 0 Å². The summed E-state index contributed by atoms with van der Waals surface area (Å²) in [4.78, 5) is 11.0. The van der Waals surface area contributed by atoms with Crippen molar-refractivity contribution >= 4 is 5.97 Å². The highest BCUT2D eigenvalue weighted by atomic mass is 16.5. The Balaban J connectivity index is 2.91. The maximum absolute atomic E-state index is 11.0. The molecule has 0 aliphatic heterocycles. The van der Waals surface area contributed by atoms with Gasteiger partial charge in [0.25, 0.3) is 0 Å². The second-order valence-electron chi connectivity index (χ2n) is 3.66. The van der Waals surface area contributed by atoms with Crippen molar-refractivity contribution in [2.75, 3.05) is 20.8 Å². The lowest BCUT2D eigenvalue weighted by Crippen LogP contribution is -2.26. The molecule has 1 unspecified atom stereocenters. The summed E-state index contributed by atoms with van der Waals surface area (Å²) in [7, 11) is 3.10. The summed E-state index contributed by atoms with van der Waals surface area (Å²) in [5.74, 6) is 0.286. The fourth-order valence-corrected chi connectivity index (χ4v) is 1.64. The van der Waals surface area contributed by atoms with Crippen molar-refractivity contribution in [3.8, 4) is 11.5 Å². The smallest absolute Gasteiger partial charge is 0.333 e.